The molecule has 0 amide bonds. The first kappa shape index (κ1) is 13.5. The van der Waals surface area contributed by atoms with Crippen molar-refractivity contribution >= 4 is 17.5 Å². The molecule has 0 unspecified atom stereocenters. The number of nitrogens with zero attached hydrogens (tertiary/aromatic N) is 1. The Hall–Kier alpha value is -1.52. The van der Waals surface area contributed by atoms with Gasteiger partial charge < -0.3 is 15.8 Å². The quantitative estimate of drug-likeness (QED) is 0.303. The fourth-order valence-corrected chi connectivity index (χ4v) is 1.72. The van der Waals surface area contributed by atoms with Crippen LogP contribution in [-0.4, -0.2) is 18.3 Å². The number of aliphatic hydroxyl groups excluding tert-OH is 1. The molecule has 0 bridgehead atoms. The van der Waals surface area contributed by atoms with Crippen LogP contribution in [0, 0.1) is 6.92 Å². The average Bonchev–Trinajstić information content (AvgIpc) is 2.32. The van der Waals surface area contributed by atoms with E-state index >= 15 is 0 Å². The minimum Gasteiger partial charge on any atom is -0.397 e. The molecule has 0 fully saturated rings. The molecule has 4 nitrogen and oxygen atoms in total. The third-order valence-corrected chi connectivity index (χ3v) is 2.87. The maximum atomic E-state index is 8.72. The van der Waals surface area contributed by atoms with Crippen LogP contribution in [0.3, 0.4) is 0 Å². The minimum absolute atomic E-state index is 0.192. The first-order valence-corrected chi connectivity index (χ1v) is 5.76. The van der Waals surface area contributed by atoms with Crippen LogP contribution in [0.25, 0.3) is 6.08 Å². The van der Waals surface area contributed by atoms with Gasteiger partial charge >= 0.3 is 0 Å². The molecule has 94 valence electrons. The summed E-state index contributed by atoms with van der Waals surface area (Å²) in [4.78, 5) is 0. The number of unbranched alkanes of at least 4 members (excludes halogenated alkanes) is 1. The van der Waals surface area contributed by atoms with Gasteiger partial charge in [-0.1, -0.05) is 18.7 Å². The zero-order valence-electron chi connectivity index (χ0n) is 10.3. The molecule has 0 aromatic heterocycles. The summed E-state index contributed by atoms with van der Waals surface area (Å²) < 4.78 is 0. The van der Waals surface area contributed by atoms with Crippen molar-refractivity contribution in [3.05, 3.63) is 29.8 Å². The molecule has 5 N–H and O–H groups in total. The third kappa shape index (κ3) is 3.22. The van der Waals surface area contributed by atoms with Crippen molar-refractivity contribution in [1.82, 2.24) is 0 Å². The smallest absolute Gasteiger partial charge is 0.0749 e. The summed E-state index contributed by atoms with van der Waals surface area (Å²) in [6, 6.07) is 3.86. The lowest BCUT2D eigenvalue weighted by Gasteiger charge is -2.22. The molecule has 0 aliphatic carbocycles. The second-order valence-electron chi connectivity index (χ2n) is 4.04. The van der Waals surface area contributed by atoms with Crippen LogP contribution in [0.2, 0.25) is 0 Å². The fraction of sp³-hybridized carbons (Fsp3) is 0.385. The number of nitrogens with two attached hydrogens (primary N) is 2. The van der Waals surface area contributed by atoms with E-state index in [1.807, 2.05) is 19.1 Å². The zero-order valence-corrected chi connectivity index (χ0v) is 10.3. The molecule has 0 aliphatic heterocycles. The number of nitrogen functional groups attached to an aromatic ring is 1. The summed E-state index contributed by atoms with van der Waals surface area (Å²) in [6.07, 6.45) is 3.37. The van der Waals surface area contributed by atoms with Gasteiger partial charge in [0.1, 0.15) is 0 Å². The first-order valence-electron chi connectivity index (χ1n) is 5.76. The van der Waals surface area contributed by atoms with Gasteiger partial charge in [-0.15, -0.1) is 0 Å². The summed E-state index contributed by atoms with van der Waals surface area (Å²) in [6.45, 7) is 6.57. The predicted octanol–water partition coefficient (Wildman–Crippen LogP) is 1.67. The molecule has 1 aromatic carbocycles. The number of benzene rings is 1. The lowest BCUT2D eigenvalue weighted by Crippen LogP contribution is -2.32. The Morgan fingerprint density at radius 1 is 1.41 bits per heavy atom. The van der Waals surface area contributed by atoms with Crippen LogP contribution in [-0.2, 0) is 0 Å². The largest absolute Gasteiger partial charge is 0.397 e. The van der Waals surface area contributed by atoms with Crippen molar-refractivity contribution < 1.29 is 5.11 Å². The molecule has 0 spiro atoms. The molecule has 0 saturated carbocycles. The van der Waals surface area contributed by atoms with E-state index in [1.54, 1.807) is 11.1 Å². The van der Waals surface area contributed by atoms with Crippen molar-refractivity contribution in [3.63, 3.8) is 0 Å². The van der Waals surface area contributed by atoms with Crippen molar-refractivity contribution in [3.8, 4) is 0 Å². The van der Waals surface area contributed by atoms with Crippen LogP contribution in [0.5, 0.6) is 0 Å². The maximum Gasteiger partial charge on any atom is 0.0749 e. The van der Waals surface area contributed by atoms with Crippen LogP contribution in [0.1, 0.15) is 24.0 Å². The Kier molecular flexibility index (Phi) is 5.00. The first-order chi connectivity index (χ1) is 8.11. The Bertz CT molecular complexity index is 390. The van der Waals surface area contributed by atoms with E-state index < -0.39 is 0 Å². The summed E-state index contributed by atoms with van der Waals surface area (Å²) in [5, 5.41) is 10.4. The molecule has 0 radical (unpaired) electrons. The van der Waals surface area contributed by atoms with E-state index in [1.165, 1.54) is 0 Å². The highest BCUT2D eigenvalue weighted by Gasteiger charge is 2.09. The van der Waals surface area contributed by atoms with E-state index in [2.05, 4.69) is 6.58 Å². The molecule has 0 heterocycles. The molecule has 0 saturated heterocycles. The van der Waals surface area contributed by atoms with Gasteiger partial charge in [0.2, 0.25) is 0 Å². The van der Waals surface area contributed by atoms with E-state index in [9.17, 15) is 0 Å². The van der Waals surface area contributed by atoms with Crippen molar-refractivity contribution in [2.24, 2.45) is 5.84 Å². The summed E-state index contributed by atoms with van der Waals surface area (Å²) in [5.41, 5.74) is 9.58. The minimum atomic E-state index is 0.192. The highest BCUT2D eigenvalue weighted by molar-refractivity contribution is 5.75. The number of hydrazine groups is 1. The average molecular weight is 235 g/mol. The van der Waals surface area contributed by atoms with Gasteiger partial charge in [-0.3, -0.25) is 0 Å². The molecule has 1 rings (SSSR count). The highest BCUT2D eigenvalue weighted by Crippen LogP contribution is 2.28. The highest BCUT2D eigenvalue weighted by atomic mass is 16.2. The number of aliphatic hydroxyl groups is 1. The fourth-order valence-electron chi connectivity index (χ4n) is 1.72. The number of hydrogen-bond donors (Lipinski definition) is 3. The molecule has 1 aromatic rings. The lowest BCUT2D eigenvalue weighted by molar-refractivity contribution is 0.285. The number of anilines is 2. The topological polar surface area (TPSA) is 75.5 Å². The normalized spacial score (nSPS) is 10.3. The van der Waals surface area contributed by atoms with Gasteiger partial charge in [0.05, 0.1) is 11.4 Å². The zero-order chi connectivity index (χ0) is 12.8. The molecular formula is C13H21N3O. The SMILES string of the molecule is C=Cc1ccc(N(N)CCCCO)c(N)c1C. The standard InChI is InChI=1S/C13H21N3O/c1-3-11-6-7-12(13(14)10(11)2)16(15)8-4-5-9-17/h3,6-7,17H,1,4-5,8-9,14-15H2,2H3. The summed E-state index contributed by atoms with van der Waals surface area (Å²) in [7, 11) is 0. The summed E-state index contributed by atoms with van der Waals surface area (Å²) in [5.74, 6) is 5.94. The lowest BCUT2D eigenvalue weighted by atomic mass is 10.1. The van der Waals surface area contributed by atoms with Gasteiger partial charge in [0, 0.05) is 13.2 Å². The van der Waals surface area contributed by atoms with Crippen molar-refractivity contribution in [2.45, 2.75) is 19.8 Å². The van der Waals surface area contributed by atoms with E-state index in [0.717, 1.165) is 29.7 Å². The monoisotopic (exact) mass is 235 g/mol. The van der Waals surface area contributed by atoms with Crippen molar-refractivity contribution in [1.29, 1.82) is 0 Å². The van der Waals surface area contributed by atoms with Gasteiger partial charge in [-0.2, -0.15) is 0 Å². The van der Waals surface area contributed by atoms with Crippen LogP contribution in [0.4, 0.5) is 11.4 Å². The molecule has 4 heteroatoms. The molecular weight excluding hydrogens is 214 g/mol. The predicted molar refractivity (Wildman–Crippen MR) is 73.5 cm³/mol. The Morgan fingerprint density at radius 2 is 2.12 bits per heavy atom. The third-order valence-electron chi connectivity index (χ3n) is 2.87. The number of rotatable bonds is 6. The maximum absolute atomic E-state index is 8.72. The Labute approximate surface area is 103 Å². The molecule has 0 aliphatic rings. The van der Waals surface area contributed by atoms with Gasteiger partial charge in [0.15, 0.2) is 0 Å². The Morgan fingerprint density at radius 3 is 2.71 bits per heavy atom. The van der Waals surface area contributed by atoms with Crippen LogP contribution < -0.4 is 16.6 Å². The van der Waals surface area contributed by atoms with E-state index in [0.29, 0.717) is 12.2 Å². The van der Waals surface area contributed by atoms with Gasteiger partial charge in [-0.25, -0.2) is 5.84 Å². The number of hydrogen-bond acceptors (Lipinski definition) is 4. The molecule has 0 atom stereocenters. The second kappa shape index (κ2) is 6.27. The van der Waals surface area contributed by atoms with E-state index in [4.69, 9.17) is 16.7 Å². The Balaban J connectivity index is 2.84. The van der Waals surface area contributed by atoms with Crippen LogP contribution >= 0.6 is 0 Å². The molecule has 17 heavy (non-hydrogen) atoms. The van der Waals surface area contributed by atoms with Gasteiger partial charge in [0.25, 0.3) is 0 Å². The van der Waals surface area contributed by atoms with Crippen LogP contribution in [0.15, 0.2) is 18.7 Å². The second-order valence-corrected chi connectivity index (χ2v) is 4.04. The summed E-state index contributed by atoms with van der Waals surface area (Å²) >= 11 is 0. The van der Waals surface area contributed by atoms with Gasteiger partial charge in [-0.05, 0) is 37.0 Å². The van der Waals surface area contributed by atoms with E-state index in [-0.39, 0.29) is 6.61 Å². The van der Waals surface area contributed by atoms with Crippen molar-refractivity contribution in [2.75, 3.05) is 23.9 Å².